The van der Waals surface area contributed by atoms with Crippen LogP contribution >= 0.6 is 27.5 Å². The van der Waals surface area contributed by atoms with E-state index in [1.54, 1.807) is 12.1 Å². The first-order valence-corrected chi connectivity index (χ1v) is 6.67. The molecule has 0 amide bonds. The molecule has 0 spiro atoms. The number of aryl methyl sites for hydroxylation is 1. The van der Waals surface area contributed by atoms with Crippen LogP contribution in [0.25, 0.3) is 0 Å². The molecule has 0 atom stereocenters. The lowest BCUT2D eigenvalue weighted by Gasteiger charge is -2.09. The Bertz CT molecular complexity index is 572. The molecule has 2 rings (SSSR count). The van der Waals surface area contributed by atoms with E-state index in [0.717, 1.165) is 15.7 Å². The standard InChI is InChI=1S/C14H12BrClFN/c1-9-6-12(4-5-13(9)15)18-8-10-2-3-11(16)7-14(10)17/h2-7,18H,8H2,1H3. The normalized spacial score (nSPS) is 10.4. The quantitative estimate of drug-likeness (QED) is 0.820. The molecule has 0 unspecified atom stereocenters. The number of rotatable bonds is 3. The van der Waals surface area contributed by atoms with Crippen LogP contribution in [-0.2, 0) is 6.54 Å². The van der Waals surface area contributed by atoms with E-state index in [4.69, 9.17) is 11.6 Å². The van der Waals surface area contributed by atoms with Gasteiger partial charge in [-0.25, -0.2) is 4.39 Å². The molecule has 0 saturated carbocycles. The van der Waals surface area contributed by atoms with E-state index in [-0.39, 0.29) is 5.82 Å². The lowest BCUT2D eigenvalue weighted by molar-refractivity contribution is 0.613. The van der Waals surface area contributed by atoms with Gasteiger partial charge in [-0.05, 0) is 42.8 Å². The number of nitrogens with one attached hydrogen (secondary N) is 1. The molecule has 0 aliphatic rings. The number of benzene rings is 2. The highest BCUT2D eigenvalue weighted by molar-refractivity contribution is 9.10. The molecule has 4 heteroatoms. The molecule has 2 aromatic rings. The number of halogens is 3. The molecule has 1 N–H and O–H groups in total. The maximum atomic E-state index is 13.6. The van der Waals surface area contributed by atoms with E-state index in [1.165, 1.54) is 6.07 Å². The van der Waals surface area contributed by atoms with Gasteiger partial charge in [0.25, 0.3) is 0 Å². The maximum Gasteiger partial charge on any atom is 0.129 e. The fourth-order valence-corrected chi connectivity index (χ4v) is 2.02. The van der Waals surface area contributed by atoms with Gasteiger partial charge in [0.15, 0.2) is 0 Å². The summed E-state index contributed by atoms with van der Waals surface area (Å²) in [5, 5.41) is 3.60. The summed E-state index contributed by atoms with van der Waals surface area (Å²) in [6.07, 6.45) is 0. The third-order valence-corrected chi connectivity index (χ3v) is 3.78. The zero-order valence-electron chi connectivity index (χ0n) is 9.81. The molecular weight excluding hydrogens is 317 g/mol. The van der Waals surface area contributed by atoms with Crippen molar-refractivity contribution in [2.45, 2.75) is 13.5 Å². The van der Waals surface area contributed by atoms with E-state index < -0.39 is 0 Å². The zero-order valence-corrected chi connectivity index (χ0v) is 12.1. The van der Waals surface area contributed by atoms with Crippen molar-refractivity contribution in [3.63, 3.8) is 0 Å². The highest BCUT2D eigenvalue weighted by Crippen LogP contribution is 2.21. The van der Waals surface area contributed by atoms with E-state index in [1.807, 2.05) is 25.1 Å². The Morgan fingerprint density at radius 3 is 2.67 bits per heavy atom. The second kappa shape index (κ2) is 5.72. The van der Waals surface area contributed by atoms with Gasteiger partial charge in [0, 0.05) is 27.3 Å². The molecule has 2 aromatic carbocycles. The topological polar surface area (TPSA) is 12.0 Å². The molecule has 0 heterocycles. The molecule has 0 aliphatic carbocycles. The Kier molecular flexibility index (Phi) is 4.25. The van der Waals surface area contributed by atoms with Gasteiger partial charge in [-0.3, -0.25) is 0 Å². The first-order valence-electron chi connectivity index (χ1n) is 5.50. The minimum atomic E-state index is -0.288. The largest absolute Gasteiger partial charge is 0.381 e. The number of anilines is 1. The van der Waals surface area contributed by atoms with E-state index in [2.05, 4.69) is 21.2 Å². The molecule has 18 heavy (non-hydrogen) atoms. The lowest BCUT2D eigenvalue weighted by atomic mass is 10.2. The summed E-state index contributed by atoms with van der Waals surface area (Å²) in [5.41, 5.74) is 2.70. The highest BCUT2D eigenvalue weighted by atomic mass is 79.9. The van der Waals surface area contributed by atoms with Crippen molar-refractivity contribution in [3.05, 3.63) is 62.8 Å². The number of hydrogen-bond donors (Lipinski definition) is 1. The Balaban J connectivity index is 2.09. The first kappa shape index (κ1) is 13.4. The van der Waals surface area contributed by atoms with Crippen LogP contribution in [0.5, 0.6) is 0 Å². The summed E-state index contributed by atoms with van der Waals surface area (Å²) < 4.78 is 14.6. The van der Waals surface area contributed by atoms with Gasteiger partial charge >= 0.3 is 0 Å². The van der Waals surface area contributed by atoms with Gasteiger partial charge in [0.2, 0.25) is 0 Å². The van der Waals surface area contributed by atoms with Crippen LogP contribution in [0.3, 0.4) is 0 Å². The van der Waals surface area contributed by atoms with Crippen molar-refractivity contribution in [2.24, 2.45) is 0 Å². The smallest absolute Gasteiger partial charge is 0.129 e. The minimum absolute atomic E-state index is 0.288. The van der Waals surface area contributed by atoms with Crippen molar-refractivity contribution in [3.8, 4) is 0 Å². The second-order valence-electron chi connectivity index (χ2n) is 4.05. The summed E-state index contributed by atoms with van der Waals surface area (Å²) in [6, 6.07) is 10.6. The van der Waals surface area contributed by atoms with Crippen LogP contribution in [0.4, 0.5) is 10.1 Å². The van der Waals surface area contributed by atoms with Gasteiger partial charge < -0.3 is 5.32 Å². The van der Waals surface area contributed by atoms with Gasteiger partial charge in [-0.1, -0.05) is 33.6 Å². The Morgan fingerprint density at radius 2 is 2.00 bits per heavy atom. The molecule has 94 valence electrons. The van der Waals surface area contributed by atoms with Crippen LogP contribution in [0, 0.1) is 12.7 Å². The maximum absolute atomic E-state index is 13.6. The molecule has 1 nitrogen and oxygen atoms in total. The average molecular weight is 329 g/mol. The van der Waals surface area contributed by atoms with Crippen molar-refractivity contribution in [1.29, 1.82) is 0 Å². The van der Waals surface area contributed by atoms with Crippen molar-refractivity contribution < 1.29 is 4.39 Å². The SMILES string of the molecule is Cc1cc(NCc2ccc(Cl)cc2F)ccc1Br. The lowest BCUT2D eigenvalue weighted by Crippen LogP contribution is -2.01. The van der Waals surface area contributed by atoms with Gasteiger partial charge in [0.05, 0.1) is 0 Å². The van der Waals surface area contributed by atoms with Crippen LogP contribution in [0.2, 0.25) is 5.02 Å². The Labute approximate surface area is 119 Å². The van der Waals surface area contributed by atoms with Crippen molar-refractivity contribution >= 4 is 33.2 Å². The van der Waals surface area contributed by atoms with Gasteiger partial charge in [-0.15, -0.1) is 0 Å². The second-order valence-corrected chi connectivity index (χ2v) is 5.34. The van der Waals surface area contributed by atoms with Crippen LogP contribution < -0.4 is 5.32 Å². The van der Waals surface area contributed by atoms with Crippen LogP contribution in [0.1, 0.15) is 11.1 Å². The molecule has 0 aliphatic heterocycles. The number of hydrogen-bond acceptors (Lipinski definition) is 1. The summed E-state index contributed by atoms with van der Waals surface area (Å²) >= 11 is 9.15. The average Bonchev–Trinajstić information content (AvgIpc) is 2.32. The Hall–Kier alpha value is -1.06. The Morgan fingerprint density at radius 1 is 1.22 bits per heavy atom. The van der Waals surface area contributed by atoms with E-state index >= 15 is 0 Å². The molecule has 0 bridgehead atoms. The van der Waals surface area contributed by atoms with Crippen molar-refractivity contribution in [1.82, 2.24) is 0 Å². The summed E-state index contributed by atoms with van der Waals surface area (Å²) in [4.78, 5) is 0. The minimum Gasteiger partial charge on any atom is -0.381 e. The van der Waals surface area contributed by atoms with Crippen LogP contribution in [-0.4, -0.2) is 0 Å². The molecule has 0 aromatic heterocycles. The first-order chi connectivity index (χ1) is 8.56. The fraction of sp³-hybridized carbons (Fsp3) is 0.143. The van der Waals surface area contributed by atoms with Crippen LogP contribution in [0.15, 0.2) is 40.9 Å². The monoisotopic (exact) mass is 327 g/mol. The highest BCUT2D eigenvalue weighted by Gasteiger charge is 2.03. The third-order valence-electron chi connectivity index (χ3n) is 2.66. The van der Waals surface area contributed by atoms with Gasteiger partial charge in [0.1, 0.15) is 5.82 Å². The summed E-state index contributed by atoms with van der Waals surface area (Å²) in [7, 11) is 0. The zero-order chi connectivity index (χ0) is 13.1. The van der Waals surface area contributed by atoms with Gasteiger partial charge in [-0.2, -0.15) is 0 Å². The molecule has 0 fully saturated rings. The molecule has 0 radical (unpaired) electrons. The molecule has 0 saturated heterocycles. The molecular formula is C14H12BrClFN. The van der Waals surface area contributed by atoms with E-state index in [0.29, 0.717) is 17.1 Å². The predicted octanol–water partition coefficient (Wildman–Crippen LogP) is 5.16. The third kappa shape index (κ3) is 3.24. The summed E-state index contributed by atoms with van der Waals surface area (Å²) in [6.45, 7) is 2.45. The van der Waals surface area contributed by atoms with Crippen molar-refractivity contribution in [2.75, 3.05) is 5.32 Å². The van der Waals surface area contributed by atoms with E-state index in [9.17, 15) is 4.39 Å². The summed E-state index contributed by atoms with van der Waals surface area (Å²) in [5.74, 6) is -0.288. The predicted molar refractivity (Wildman–Crippen MR) is 77.6 cm³/mol. The fourth-order valence-electron chi connectivity index (χ4n) is 1.62.